The normalized spacial score (nSPS) is 23.2. The molecule has 6 nitrogen and oxygen atoms in total. The molecule has 0 aromatic heterocycles. The van der Waals surface area contributed by atoms with Gasteiger partial charge < -0.3 is 20.3 Å². The molecule has 25 heavy (non-hydrogen) atoms. The lowest BCUT2D eigenvalue weighted by Gasteiger charge is -2.43. The molecular formula is C17H33F2N5O. The minimum Gasteiger partial charge on any atom is -0.381 e. The van der Waals surface area contributed by atoms with Gasteiger partial charge >= 0.3 is 0 Å². The highest BCUT2D eigenvalue weighted by molar-refractivity contribution is 5.80. The molecular weight excluding hydrogens is 328 g/mol. The van der Waals surface area contributed by atoms with E-state index in [-0.39, 0.29) is 18.1 Å². The number of piperidine rings is 1. The first-order chi connectivity index (χ1) is 11.9. The van der Waals surface area contributed by atoms with E-state index in [1.165, 1.54) is 0 Å². The number of guanidine groups is 1. The molecule has 0 amide bonds. The van der Waals surface area contributed by atoms with Crippen LogP contribution >= 0.6 is 0 Å². The molecule has 0 atom stereocenters. The van der Waals surface area contributed by atoms with Crippen LogP contribution in [0.25, 0.3) is 0 Å². The SMILES string of the molecule is CN=C(NCC1(N(C)C)CCOCC1)NC1CCN(CC(F)F)CC1. The first-order valence-corrected chi connectivity index (χ1v) is 9.18. The maximum atomic E-state index is 12.5. The number of nitrogens with zero attached hydrogens (tertiary/aromatic N) is 3. The van der Waals surface area contributed by atoms with Crippen LogP contribution in [0.15, 0.2) is 4.99 Å². The van der Waals surface area contributed by atoms with E-state index in [1.807, 2.05) is 4.90 Å². The smallest absolute Gasteiger partial charge is 0.251 e. The van der Waals surface area contributed by atoms with E-state index in [4.69, 9.17) is 4.74 Å². The topological polar surface area (TPSA) is 52.1 Å². The Morgan fingerprint density at radius 1 is 1.28 bits per heavy atom. The van der Waals surface area contributed by atoms with Gasteiger partial charge in [-0.1, -0.05) is 0 Å². The summed E-state index contributed by atoms with van der Waals surface area (Å²) in [6.07, 6.45) is 1.47. The van der Waals surface area contributed by atoms with E-state index in [9.17, 15) is 8.78 Å². The summed E-state index contributed by atoms with van der Waals surface area (Å²) in [6.45, 7) is 3.68. The van der Waals surface area contributed by atoms with Gasteiger partial charge in [-0.2, -0.15) is 0 Å². The molecule has 8 heteroatoms. The molecule has 0 bridgehead atoms. The maximum Gasteiger partial charge on any atom is 0.251 e. The Morgan fingerprint density at radius 3 is 2.44 bits per heavy atom. The van der Waals surface area contributed by atoms with E-state index in [0.717, 1.165) is 51.4 Å². The van der Waals surface area contributed by atoms with Crippen LogP contribution in [-0.2, 0) is 4.74 Å². The summed E-state index contributed by atoms with van der Waals surface area (Å²) in [5.41, 5.74) is 0.0799. The molecule has 2 saturated heterocycles. The van der Waals surface area contributed by atoms with Gasteiger partial charge in [-0.25, -0.2) is 8.78 Å². The van der Waals surface area contributed by atoms with Crippen LogP contribution in [0.5, 0.6) is 0 Å². The van der Waals surface area contributed by atoms with Crippen LogP contribution in [0.4, 0.5) is 8.78 Å². The van der Waals surface area contributed by atoms with Gasteiger partial charge in [-0.3, -0.25) is 9.89 Å². The average molecular weight is 361 g/mol. The number of likely N-dealkylation sites (N-methyl/N-ethyl adjacent to an activating group) is 1. The third kappa shape index (κ3) is 6.04. The number of likely N-dealkylation sites (tertiary alicyclic amines) is 1. The van der Waals surface area contributed by atoms with Crippen LogP contribution in [0.3, 0.4) is 0 Å². The van der Waals surface area contributed by atoms with Crippen molar-refractivity contribution in [3.63, 3.8) is 0 Å². The number of alkyl halides is 2. The summed E-state index contributed by atoms with van der Waals surface area (Å²) in [6, 6.07) is 0.283. The second-order valence-electron chi connectivity index (χ2n) is 7.27. The second kappa shape index (κ2) is 9.64. The largest absolute Gasteiger partial charge is 0.381 e. The first-order valence-electron chi connectivity index (χ1n) is 9.18. The average Bonchev–Trinajstić information content (AvgIpc) is 2.60. The molecule has 0 aromatic carbocycles. The van der Waals surface area contributed by atoms with Crippen molar-refractivity contribution in [3.8, 4) is 0 Å². The summed E-state index contributed by atoms with van der Waals surface area (Å²) in [7, 11) is 6.00. The predicted octanol–water partition coefficient (Wildman–Crippen LogP) is 0.992. The zero-order valence-corrected chi connectivity index (χ0v) is 15.7. The lowest BCUT2D eigenvalue weighted by Crippen LogP contribution is -2.58. The number of ether oxygens (including phenoxy) is 1. The van der Waals surface area contributed by atoms with Crippen molar-refractivity contribution in [2.24, 2.45) is 4.99 Å². The van der Waals surface area contributed by atoms with Crippen LogP contribution < -0.4 is 10.6 Å². The molecule has 2 N–H and O–H groups in total. The van der Waals surface area contributed by atoms with Gasteiger partial charge in [0.1, 0.15) is 0 Å². The Kier molecular flexibility index (Phi) is 7.83. The molecule has 2 aliphatic rings. The van der Waals surface area contributed by atoms with E-state index >= 15 is 0 Å². The van der Waals surface area contributed by atoms with Crippen LogP contribution in [0, 0.1) is 0 Å². The zero-order valence-electron chi connectivity index (χ0n) is 15.7. The van der Waals surface area contributed by atoms with Crippen molar-refractivity contribution in [1.82, 2.24) is 20.4 Å². The highest BCUT2D eigenvalue weighted by Gasteiger charge is 2.35. The van der Waals surface area contributed by atoms with E-state index in [1.54, 1.807) is 7.05 Å². The number of rotatable bonds is 6. The van der Waals surface area contributed by atoms with Crippen molar-refractivity contribution < 1.29 is 13.5 Å². The lowest BCUT2D eigenvalue weighted by atomic mass is 9.88. The third-order valence-corrected chi connectivity index (χ3v) is 5.51. The first kappa shape index (κ1) is 20.3. The molecule has 2 aliphatic heterocycles. The number of hydrogen-bond donors (Lipinski definition) is 2. The Morgan fingerprint density at radius 2 is 1.92 bits per heavy atom. The highest BCUT2D eigenvalue weighted by atomic mass is 19.3. The van der Waals surface area contributed by atoms with E-state index in [2.05, 4.69) is 34.6 Å². The van der Waals surface area contributed by atoms with Gasteiger partial charge in [-0.05, 0) is 39.8 Å². The summed E-state index contributed by atoms with van der Waals surface area (Å²) in [5.74, 6) is 0.792. The van der Waals surface area contributed by atoms with Crippen molar-refractivity contribution in [3.05, 3.63) is 0 Å². The molecule has 0 aliphatic carbocycles. The number of aliphatic imine (C=N–C) groups is 1. The molecule has 0 radical (unpaired) electrons. The quantitative estimate of drug-likeness (QED) is 0.546. The molecule has 146 valence electrons. The standard InChI is InChI=1S/C17H33F2N5O/c1-20-16(21-13-17(23(2)3)6-10-25-11-7-17)22-14-4-8-24(9-5-14)12-15(18)19/h14-15H,4-13H2,1-3H3,(H2,20,21,22). The van der Waals surface area contributed by atoms with Crippen molar-refractivity contribution in [1.29, 1.82) is 0 Å². The Labute approximate surface area is 150 Å². The number of nitrogens with one attached hydrogen (secondary N) is 2. The predicted molar refractivity (Wildman–Crippen MR) is 96.4 cm³/mol. The van der Waals surface area contributed by atoms with E-state index < -0.39 is 6.43 Å². The van der Waals surface area contributed by atoms with Crippen LogP contribution in [0.2, 0.25) is 0 Å². The molecule has 2 fully saturated rings. The van der Waals surface area contributed by atoms with Crippen LogP contribution in [-0.4, -0.2) is 94.3 Å². The van der Waals surface area contributed by atoms with Gasteiger partial charge in [0.25, 0.3) is 6.43 Å². The summed E-state index contributed by atoms with van der Waals surface area (Å²) >= 11 is 0. The van der Waals surface area contributed by atoms with Crippen molar-refractivity contribution >= 4 is 5.96 Å². The Hall–Kier alpha value is -0.990. The van der Waals surface area contributed by atoms with Crippen molar-refractivity contribution in [2.45, 2.75) is 43.7 Å². The summed E-state index contributed by atoms with van der Waals surface area (Å²) in [5, 5.41) is 6.91. The molecule has 0 aromatic rings. The Balaban J connectivity index is 1.79. The molecule has 2 rings (SSSR count). The fourth-order valence-electron chi connectivity index (χ4n) is 3.62. The second-order valence-corrected chi connectivity index (χ2v) is 7.27. The zero-order chi connectivity index (χ0) is 18.3. The molecule has 0 spiro atoms. The fraction of sp³-hybridized carbons (Fsp3) is 0.941. The summed E-state index contributed by atoms with van der Waals surface area (Å²) in [4.78, 5) is 8.45. The van der Waals surface area contributed by atoms with Gasteiger partial charge in [0.05, 0.1) is 6.54 Å². The molecule has 0 saturated carbocycles. The van der Waals surface area contributed by atoms with Gasteiger partial charge in [0, 0.05) is 51.5 Å². The van der Waals surface area contributed by atoms with Crippen molar-refractivity contribution in [2.75, 3.05) is 60.5 Å². The number of halogens is 2. The Bertz CT molecular complexity index is 419. The van der Waals surface area contributed by atoms with Gasteiger partial charge in [-0.15, -0.1) is 0 Å². The van der Waals surface area contributed by atoms with Gasteiger partial charge in [0.2, 0.25) is 0 Å². The lowest BCUT2D eigenvalue weighted by molar-refractivity contribution is -0.00504. The monoisotopic (exact) mass is 361 g/mol. The minimum absolute atomic E-state index is 0.0799. The molecule has 0 unspecified atom stereocenters. The highest BCUT2D eigenvalue weighted by Crippen LogP contribution is 2.25. The molecule has 2 heterocycles. The number of hydrogen-bond acceptors (Lipinski definition) is 4. The third-order valence-electron chi connectivity index (χ3n) is 5.51. The van der Waals surface area contributed by atoms with Crippen LogP contribution in [0.1, 0.15) is 25.7 Å². The minimum atomic E-state index is -2.25. The maximum absolute atomic E-state index is 12.5. The van der Waals surface area contributed by atoms with E-state index in [0.29, 0.717) is 13.1 Å². The fourth-order valence-corrected chi connectivity index (χ4v) is 3.62. The summed E-state index contributed by atoms with van der Waals surface area (Å²) < 4.78 is 30.4. The van der Waals surface area contributed by atoms with Gasteiger partial charge in [0.15, 0.2) is 5.96 Å².